The number of aliphatic hydroxyl groups is 1. The number of aliphatic hydroxyl groups excluding tert-OH is 1. The zero-order valence-corrected chi connectivity index (χ0v) is 11.8. The third kappa shape index (κ3) is 2.98. The predicted octanol–water partition coefficient (Wildman–Crippen LogP) is 0.717. The number of likely N-dealkylation sites (tertiary alicyclic amines) is 1. The first-order valence-corrected chi connectivity index (χ1v) is 7.46. The number of hydrogen-bond donors (Lipinski definition) is 1. The Morgan fingerprint density at radius 3 is 2.95 bits per heavy atom. The fourth-order valence-corrected chi connectivity index (χ4v) is 3.36. The lowest BCUT2D eigenvalue weighted by molar-refractivity contribution is 0.184. The number of piperidine rings is 1. The fraction of sp³-hybridized carbons (Fsp3) is 0.857. The molecule has 1 fully saturated rings. The van der Waals surface area contributed by atoms with Crippen LogP contribution in [-0.2, 0) is 19.4 Å². The summed E-state index contributed by atoms with van der Waals surface area (Å²) in [5, 5.41) is 13.9. The molecule has 5 heteroatoms. The van der Waals surface area contributed by atoms with Gasteiger partial charge in [-0.2, -0.15) is 5.10 Å². The lowest BCUT2D eigenvalue weighted by Crippen LogP contribution is -2.33. The maximum Gasteiger partial charge on any atom is 0.151 e. The van der Waals surface area contributed by atoms with Crippen molar-refractivity contribution < 1.29 is 5.11 Å². The Bertz CT molecular complexity index is 431. The van der Waals surface area contributed by atoms with E-state index in [9.17, 15) is 5.11 Å². The Kier molecular flexibility index (Phi) is 3.84. The first kappa shape index (κ1) is 13.1. The van der Waals surface area contributed by atoms with Gasteiger partial charge in [0.15, 0.2) is 5.82 Å². The molecule has 2 unspecified atom stereocenters. The van der Waals surface area contributed by atoms with E-state index in [2.05, 4.69) is 17.0 Å². The average molecular weight is 264 g/mol. The Hall–Kier alpha value is -0.940. The molecule has 2 aliphatic rings. The number of fused-ring (bicyclic) bond motifs is 1. The van der Waals surface area contributed by atoms with Gasteiger partial charge < -0.3 is 10.0 Å². The molecule has 5 nitrogen and oxygen atoms in total. The second-order valence-corrected chi connectivity index (χ2v) is 6.19. The van der Waals surface area contributed by atoms with Crippen molar-refractivity contribution in [1.29, 1.82) is 0 Å². The molecule has 1 aromatic rings. The monoisotopic (exact) mass is 264 g/mol. The van der Waals surface area contributed by atoms with Gasteiger partial charge in [-0.15, -0.1) is 0 Å². The predicted molar refractivity (Wildman–Crippen MR) is 72.8 cm³/mol. The Morgan fingerprint density at radius 2 is 2.16 bits per heavy atom. The molecule has 3 heterocycles. The average Bonchev–Trinajstić information content (AvgIpc) is 2.79. The molecular weight excluding hydrogens is 240 g/mol. The molecule has 106 valence electrons. The first-order chi connectivity index (χ1) is 9.24. The second-order valence-electron chi connectivity index (χ2n) is 6.19. The number of hydrogen-bond acceptors (Lipinski definition) is 4. The van der Waals surface area contributed by atoms with E-state index in [1.54, 1.807) is 0 Å². The van der Waals surface area contributed by atoms with Gasteiger partial charge in [-0.25, -0.2) is 9.67 Å². The van der Waals surface area contributed by atoms with Crippen molar-refractivity contribution in [3.63, 3.8) is 0 Å². The van der Waals surface area contributed by atoms with Crippen LogP contribution in [0.25, 0.3) is 0 Å². The van der Waals surface area contributed by atoms with Gasteiger partial charge in [-0.1, -0.05) is 0 Å². The summed E-state index contributed by atoms with van der Waals surface area (Å²) in [6.07, 6.45) is 5.60. The van der Waals surface area contributed by atoms with Gasteiger partial charge in [0.2, 0.25) is 0 Å². The van der Waals surface area contributed by atoms with Crippen LogP contribution in [-0.4, -0.2) is 51.5 Å². The zero-order chi connectivity index (χ0) is 13.2. The number of aryl methyl sites for hydroxylation is 1. The zero-order valence-electron chi connectivity index (χ0n) is 11.8. The number of aromatic nitrogens is 3. The highest BCUT2D eigenvalue weighted by Crippen LogP contribution is 2.21. The van der Waals surface area contributed by atoms with E-state index in [0.717, 1.165) is 37.5 Å². The molecule has 2 atom stereocenters. The smallest absolute Gasteiger partial charge is 0.151 e. The summed E-state index contributed by atoms with van der Waals surface area (Å²) in [6, 6.07) is 0. The van der Waals surface area contributed by atoms with Crippen LogP contribution in [0, 0.1) is 11.8 Å². The summed E-state index contributed by atoms with van der Waals surface area (Å²) in [7, 11) is 2.20. The SMILES string of the molecule is CN1CCCC(Cc2nc3n(n2)CC(CO)CC3)C1. The van der Waals surface area contributed by atoms with Gasteiger partial charge in [-0.3, -0.25) is 0 Å². The molecule has 0 bridgehead atoms. The second kappa shape index (κ2) is 5.59. The van der Waals surface area contributed by atoms with Crippen LogP contribution in [0.1, 0.15) is 30.9 Å². The molecular formula is C14H24N4O. The minimum atomic E-state index is 0.266. The molecule has 0 aliphatic carbocycles. The summed E-state index contributed by atoms with van der Waals surface area (Å²) < 4.78 is 2.02. The van der Waals surface area contributed by atoms with E-state index in [-0.39, 0.29) is 6.61 Å². The molecule has 0 amide bonds. The quantitative estimate of drug-likeness (QED) is 0.874. The van der Waals surface area contributed by atoms with Gasteiger partial charge in [0, 0.05) is 38.5 Å². The molecule has 0 saturated carbocycles. The standard InChI is InChI=1S/C14H24N4O/c1-17-6-2-3-11(8-17)7-13-15-14-5-4-12(10-19)9-18(14)16-13/h11-12,19H,2-10H2,1H3. The summed E-state index contributed by atoms with van der Waals surface area (Å²) in [6.45, 7) is 3.50. The third-order valence-electron chi connectivity index (χ3n) is 4.45. The Labute approximate surface area is 114 Å². The molecule has 0 aromatic carbocycles. The Balaban J connectivity index is 1.64. The fourth-order valence-electron chi connectivity index (χ4n) is 3.36. The minimum Gasteiger partial charge on any atom is -0.396 e. The van der Waals surface area contributed by atoms with Crippen LogP contribution >= 0.6 is 0 Å². The van der Waals surface area contributed by atoms with E-state index < -0.39 is 0 Å². The van der Waals surface area contributed by atoms with Crippen LogP contribution in [0.3, 0.4) is 0 Å². The lowest BCUT2D eigenvalue weighted by atomic mass is 9.95. The molecule has 1 saturated heterocycles. The summed E-state index contributed by atoms with van der Waals surface area (Å²) >= 11 is 0. The van der Waals surface area contributed by atoms with Gasteiger partial charge in [-0.05, 0) is 38.8 Å². The van der Waals surface area contributed by atoms with Crippen molar-refractivity contribution >= 4 is 0 Å². The van der Waals surface area contributed by atoms with Crippen LogP contribution in [0.15, 0.2) is 0 Å². The lowest BCUT2D eigenvalue weighted by Gasteiger charge is -2.28. The molecule has 19 heavy (non-hydrogen) atoms. The van der Waals surface area contributed by atoms with Crippen molar-refractivity contribution in [3.05, 3.63) is 11.6 Å². The largest absolute Gasteiger partial charge is 0.396 e. The highest BCUT2D eigenvalue weighted by molar-refractivity contribution is 4.98. The normalized spacial score (nSPS) is 28.3. The first-order valence-electron chi connectivity index (χ1n) is 7.46. The van der Waals surface area contributed by atoms with Gasteiger partial charge in [0.25, 0.3) is 0 Å². The third-order valence-corrected chi connectivity index (χ3v) is 4.45. The van der Waals surface area contributed by atoms with Gasteiger partial charge in [0.05, 0.1) is 0 Å². The van der Waals surface area contributed by atoms with E-state index in [4.69, 9.17) is 4.98 Å². The van der Waals surface area contributed by atoms with Crippen molar-refractivity contribution in [2.45, 2.75) is 38.6 Å². The summed E-state index contributed by atoms with van der Waals surface area (Å²) in [5.74, 6) is 3.19. The van der Waals surface area contributed by atoms with Crippen molar-refractivity contribution in [1.82, 2.24) is 19.7 Å². The molecule has 0 radical (unpaired) electrons. The molecule has 1 N–H and O–H groups in total. The van der Waals surface area contributed by atoms with E-state index in [0.29, 0.717) is 11.8 Å². The number of nitrogens with zero attached hydrogens (tertiary/aromatic N) is 4. The highest BCUT2D eigenvalue weighted by Gasteiger charge is 2.23. The maximum absolute atomic E-state index is 9.25. The van der Waals surface area contributed by atoms with Crippen molar-refractivity contribution in [3.8, 4) is 0 Å². The van der Waals surface area contributed by atoms with Crippen LogP contribution in [0.5, 0.6) is 0 Å². The molecule has 1 aromatic heterocycles. The molecule has 3 rings (SSSR count). The molecule has 2 aliphatic heterocycles. The molecule has 0 spiro atoms. The summed E-state index contributed by atoms with van der Waals surface area (Å²) in [4.78, 5) is 7.10. The van der Waals surface area contributed by atoms with E-state index in [1.165, 1.54) is 25.9 Å². The van der Waals surface area contributed by atoms with Crippen LogP contribution in [0.2, 0.25) is 0 Å². The van der Waals surface area contributed by atoms with Crippen LogP contribution in [0.4, 0.5) is 0 Å². The van der Waals surface area contributed by atoms with Gasteiger partial charge in [0.1, 0.15) is 5.82 Å². The maximum atomic E-state index is 9.25. The van der Waals surface area contributed by atoms with E-state index >= 15 is 0 Å². The van der Waals surface area contributed by atoms with Crippen LogP contribution < -0.4 is 0 Å². The van der Waals surface area contributed by atoms with Crippen molar-refractivity contribution in [2.24, 2.45) is 11.8 Å². The summed E-state index contributed by atoms with van der Waals surface area (Å²) in [5.41, 5.74) is 0. The van der Waals surface area contributed by atoms with E-state index in [1.807, 2.05) is 4.68 Å². The number of rotatable bonds is 3. The topological polar surface area (TPSA) is 54.2 Å². The minimum absolute atomic E-state index is 0.266. The highest BCUT2D eigenvalue weighted by atomic mass is 16.3. The van der Waals surface area contributed by atoms with Crippen molar-refractivity contribution in [2.75, 3.05) is 26.7 Å². The van der Waals surface area contributed by atoms with Gasteiger partial charge >= 0.3 is 0 Å². The Morgan fingerprint density at radius 1 is 1.26 bits per heavy atom.